The molecule has 0 aliphatic carbocycles. The van der Waals surface area contributed by atoms with Crippen molar-refractivity contribution >= 4 is 17.7 Å². The highest BCUT2D eigenvalue weighted by atomic mass is 32.2. The van der Waals surface area contributed by atoms with Crippen LogP contribution in [0.25, 0.3) is 0 Å². The highest BCUT2D eigenvalue weighted by molar-refractivity contribution is 7.99. The second-order valence-electron chi connectivity index (χ2n) is 3.32. The maximum atomic E-state index is 11.3. The molecule has 1 saturated heterocycles. The second kappa shape index (κ2) is 4.65. The first-order valence-electron chi connectivity index (χ1n) is 4.98. The van der Waals surface area contributed by atoms with E-state index in [1.807, 2.05) is 11.8 Å². The van der Waals surface area contributed by atoms with Gasteiger partial charge in [-0.3, -0.25) is 0 Å². The third kappa shape index (κ3) is 2.31. The first-order chi connectivity index (χ1) is 7.31. The number of rotatable bonds is 3. The molecule has 0 amide bonds. The zero-order valence-corrected chi connectivity index (χ0v) is 9.37. The van der Waals surface area contributed by atoms with E-state index in [1.54, 1.807) is 17.8 Å². The van der Waals surface area contributed by atoms with E-state index < -0.39 is 5.97 Å². The summed E-state index contributed by atoms with van der Waals surface area (Å²) in [6.07, 6.45) is 2.77. The molecule has 1 atom stereocenters. The molecule has 15 heavy (non-hydrogen) atoms. The lowest BCUT2D eigenvalue weighted by Crippen LogP contribution is -2.08. The number of thioether (sulfide) groups is 1. The molecule has 0 saturated carbocycles. The molecule has 0 aromatic carbocycles. The SMILES string of the molecule is CCOC(=O)c1cn(C2CCSC2)nn1. The first kappa shape index (κ1) is 10.5. The maximum absolute atomic E-state index is 11.3. The van der Waals surface area contributed by atoms with Crippen molar-refractivity contribution in [1.82, 2.24) is 15.0 Å². The molecular weight excluding hydrogens is 214 g/mol. The van der Waals surface area contributed by atoms with Crippen LogP contribution < -0.4 is 0 Å². The highest BCUT2D eigenvalue weighted by Crippen LogP contribution is 2.26. The number of esters is 1. The van der Waals surface area contributed by atoms with E-state index in [1.165, 1.54) is 0 Å². The van der Waals surface area contributed by atoms with Crippen LogP contribution in [0.3, 0.4) is 0 Å². The molecular formula is C9H13N3O2S. The van der Waals surface area contributed by atoms with E-state index >= 15 is 0 Å². The molecule has 1 unspecified atom stereocenters. The van der Waals surface area contributed by atoms with Crippen molar-refractivity contribution in [3.63, 3.8) is 0 Å². The fourth-order valence-corrected chi connectivity index (χ4v) is 2.68. The van der Waals surface area contributed by atoms with Gasteiger partial charge in [-0.2, -0.15) is 11.8 Å². The summed E-state index contributed by atoms with van der Waals surface area (Å²) in [6, 6.07) is 0.380. The molecule has 0 spiro atoms. The summed E-state index contributed by atoms with van der Waals surface area (Å²) < 4.78 is 6.61. The molecule has 5 nitrogen and oxygen atoms in total. The summed E-state index contributed by atoms with van der Waals surface area (Å²) in [6.45, 7) is 2.14. The normalized spacial score (nSPS) is 20.5. The minimum atomic E-state index is -0.394. The molecule has 1 aromatic heterocycles. The van der Waals surface area contributed by atoms with Gasteiger partial charge in [-0.05, 0) is 19.1 Å². The largest absolute Gasteiger partial charge is 0.461 e. The predicted molar refractivity (Wildman–Crippen MR) is 57.0 cm³/mol. The van der Waals surface area contributed by atoms with Crippen molar-refractivity contribution in [3.05, 3.63) is 11.9 Å². The van der Waals surface area contributed by atoms with Gasteiger partial charge in [-0.25, -0.2) is 9.48 Å². The third-order valence-corrected chi connectivity index (χ3v) is 3.42. The van der Waals surface area contributed by atoms with Crippen LogP contribution in [0.4, 0.5) is 0 Å². The average Bonchev–Trinajstić information content (AvgIpc) is 2.89. The van der Waals surface area contributed by atoms with Gasteiger partial charge < -0.3 is 4.74 Å². The lowest BCUT2D eigenvalue weighted by atomic mass is 10.3. The van der Waals surface area contributed by atoms with E-state index in [-0.39, 0.29) is 0 Å². The van der Waals surface area contributed by atoms with Gasteiger partial charge in [0.05, 0.1) is 18.8 Å². The van der Waals surface area contributed by atoms with E-state index in [0.717, 1.165) is 17.9 Å². The zero-order chi connectivity index (χ0) is 10.7. The van der Waals surface area contributed by atoms with Crippen LogP contribution in [0.2, 0.25) is 0 Å². The number of ether oxygens (including phenoxy) is 1. The van der Waals surface area contributed by atoms with Crippen molar-refractivity contribution in [2.45, 2.75) is 19.4 Å². The smallest absolute Gasteiger partial charge is 0.360 e. The van der Waals surface area contributed by atoms with E-state index in [4.69, 9.17) is 4.74 Å². The van der Waals surface area contributed by atoms with Gasteiger partial charge in [0.1, 0.15) is 0 Å². The minimum Gasteiger partial charge on any atom is -0.461 e. The fraction of sp³-hybridized carbons (Fsp3) is 0.667. The van der Waals surface area contributed by atoms with Crippen LogP contribution in [-0.2, 0) is 4.74 Å². The minimum absolute atomic E-state index is 0.300. The molecule has 1 fully saturated rings. The summed E-state index contributed by atoms with van der Waals surface area (Å²) >= 11 is 1.90. The Morgan fingerprint density at radius 3 is 3.33 bits per heavy atom. The van der Waals surface area contributed by atoms with Gasteiger partial charge in [0.2, 0.25) is 0 Å². The quantitative estimate of drug-likeness (QED) is 0.724. The molecule has 2 rings (SSSR count). The number of aromatic nitrogens is 3. The molecule has 6 heteroatoms. The Labute approximate surface area is 92.2 Å². The summed E-state index contributed by atoms with van der Waals surface area (Å²) in [4.78, 5) is 11.3. The number of nitrogens with zero attached hydrogens (tertiary/aromatic N) is 3. The van der Waals surface area contributed by atoms with E-state index in [2.05, 4.69) is 10.3 Å². The van der Waals surface area contributed by atoms with Gasteiger partial charge in [-0.1, -0.05) is 5.21 Å². The van der Waals surface area contributed by atoms with Gasteiger partial charge in [0.15, 0.2) is 5.69 Å². The molecule has 0 N–H and O–H groups in total. The fourth-order valence-electron chi connectivity index (χ4n) is 1.48. The Hall–Kier alpha value is -1.04. The van der Waals surface area contributed by atoms with E-state index in [0.29, 0.717) is 18.3 Å². The molecule has 82 valence electrons. The average molecular weight is 227 g/mol. The molecule has 1 aromatic rings. The lowest BCUT2D eigenvalue weighted by molar-refractivity contribution is 0.0519. The first-order valence-corrected chi connectivity index (χ1v) is 6.13. The Morgan fingerprint density at radius 2 is 2.67 bits per heavy atom. The Morgan fingerprint density at radius 1 is 1.80 bits per heavy atom. The molecule has 1 aliphatic heterocycles. The molecule has 0 radical (unpaired) electrons. The number of hydrogen-bond acceptors (Lipinski definition) is 5. The Bertz CT molecular complexity index is 347. The standard InChI is InChI=1S/C9H13N3O2S/c1-2-14-9(13)8-5-12(11-10-8)7-3-4-15-6-7/h5,7H,2-4,6H2,1H3. The van der Waals surface area contributed by atoms with Gasteiger partial charge in [0.25, 0.3) is 0 Å². The van der Waals surface area contributed by atoms with Gasteiger partial charge in [-0.15, -0.1) is 5.10 Å². The second-order valence-corrected chi connectivity index (χ2v) is 4.47. The Balaban J connectivity index is 2.06. The van der Waals surface area contributed by atoms with E-state index in [9.17, 15) is 4.79 Å². The summed E-state index contributed by atoms with van der Waals surface area (Å²) in [5.74, 6) is 1.81. The predicted octanol–water partition coefficient (Wildman–Crippen LogP) is 1.13. The van der Waals surface area contributed by atoms with Crippen LogP contribution in [0.15, 0.2) is 6.20 Å². The van der Waals surface area contributed by atoms with Crippen molar-refractivity contribution in [2.24, 2.45) is 0 Å². The summed E-state index contributed by atoms with van der Waals surface area (Å²) in [5, 5.41) is 7.76. The monoisotopic (exact) mass is 227 g/mol. The number of carbonyl (C=O) groups is 1. The van der Waals surface area contributed by atoms with Crippen LogP contribution >= 0.6 is 11.8 Å². The molecule has 2 heterocycles. The molecule has 1 aliphatic rings. The van der Waals surface area contributed by atoms with Crippen LogP contribution in [-0.4, -0.2) is 39.1 Å². The summed E-state index contributed by atoms with van der Waals surface area (Å²) in [7, 11) is 0. The maximum Gasteiger partial charge on any atom is 0.360 e. The van der Waals surface area contributed by atoms with Crippen molar-refractivity contribution < 1.29 is 9.53 Å². The van der Waals surface area contributed by atoms with Gasteiger partial charge >= 0.3 is 5.97 Å². The third-order valence-electron chi connectivity index (χ3n) is 2.27. The molecule has 0 bridgehead atoms. The van der Waals surface area contributed by atoms with Crippen molar-refractivity contribution in [1.29, 1.82) is 0 Å². The zero-order valence-electron chi connectivity index (χ0n) is 8.55. The lowest BCUT2D eigenvalue weighted by Gasteiger charge is -2.05. The topological polar surface area (TPSA) is 57.0 Å². The van der Waals surface area contributed by atoms with Gasteiger partial charge in [0, 0.05) is 5.75 Å². The van der Waals surface area contributed by atoms with Crippen LogP contribution in [0, 0.1) is 0 Å². The van der Waals surface area contributed by atoms with Crippen molar-refractivity contribution in [2.75, 3.05) is 18.1 Å². The summed E-state index contributed by atoms with van der Waals surface area (Å²) in [5.41, 5.74) is 0.300. The Kier molecular flexibility index (Phi) is 3.25. The highest BCUT2D eigenvalue weighted by Gasteiger charge is 2.20. The number of carbonyl (C=O) groups excluding carboxylic acids is 1. The van der Waals surface area contributed by atoms with Crippen LogP contribution in [0.1, 0.15) is 29.9 Å². The van der Waals surface area contributed by atoms with Crippen LogP contribution in [0.5, 0.6) is 0 Å². The van der Waals surface area contributed by atoms with Crippen molar-refractivity contribution in [3.8, 4) is 0 Å². The number of hydrogen-bond donors (Lipinski definition) is 0.